The second-order valence-electron chi connectivity index (χ2n) is 4.06. The van der Waals surface area contributed by atoms with Gasteiger partial charge in [0.05, 0.1) is 5.69 Å². The number of pyridine rings is 1. The molecule has 3 rings (SSSR count). The molecular weight excluding hydrogens is 202 g/mol. The number of rotatable bonds is 0. The van der Waals surface area contributed by atoms with Crippen molar-refractivity contribution < 1.29 is 10.2 Å². The highest BCUT2D eigenvalue weighted by atomic mass is 16.3. The Morgan fingerprint density at radius 1 is 1.25 bits per heavy atom. The lowest BCUT2D eigenvalue weighted by molar-refractivity contribution is 0.224. The van der Waals surface area contributed by atoms with Crippen molar-refractivity contribution in [2.45, 2.75) is 13.0 Å². The third-order valence-electron chi connectivity index (χ3n) is 3.07. The number of aromatic hydroxyl groups is 1. The van der Waals surface area contributed by atoms with Gasteiger partial charge in [0.15, 0.2) is 0 Å². The summed E-state index contributed by atoms with van der Waals surface area (Å²) in [5, 5.41) is 19.7. The van der Waals surface area contributed by atoms with Gasteiger partial charge in [0.1, 0.15) is 11.9 Å². The van der Waals surface area contributed by atoms with Crippen LogP contribution in [0.25, 0.3) is 11.3 Å². The number of aromatic nitrogens is 1. The Hall–Kier alpha value is -1.87. The average molecular weight is 213 g/mol. The molecule has 2 N–H and O–H groups in total. The number of aliphatic hydroxyl groups excluding tert-OH is 1. The Morgan fingerprint density at radius 2 is 2.06 bits per heavy atom. The van der Waals surface area contributed by atoms with Crippen LogP contribution in [0.15, 0.2) is 30.5 Å². The summed E-state index contributed by atoms with van der Waals surface area (Å²) in [6, 6.07) is 6.87. The summed E-state index contributed by atoms with van der Waals surface area (Å²) >= 11 is 0. The molecule has 0 fully saturated rings. The van der Waals surface area contributed by atoms with E-state index in [2.05, 4.69) is 4.98 Å². The summed E-state index contributed by atoms with van der Waals surface area (Å²) in [7, 11) is 0. The Morgan fingerprint density at radius 3 is 2.88 bits per heavy atom. The molecular formula is C13H11NO2. The number of hydrogen-bond acceptors (Lipinski definition) is 3. The fourth-order valence-corrected chi connectivity index (χ4v) is 2.27. The molecule has 0 bridgehead atoms. The van der Waals surface area contributed by atoms with Gasteiger partial charge in [-0.05, 0) is 36.2 Å². The fraction of sp³-hybridized carbons (Fsp3) is 0.154. The normalized spacial score (nSPS) is 17.0. The highest BCUT2D eigenvalue weighted by Crippen LogP contribution is 2.44. The van der Waals surface area contributed by atoms with Crippen LogP contribution in [0.5, 0.6) is 5.75 Å². The first-order chi connectivity index (χ1) is 7.68. The van der Waals surface area contributed by atoms with Crippen LogP contribution in [0.4, 0.5) is 0 Å². The number of hydrogen-bond donors (Lipinski definition) is 2. The third-order valence-corrected chi connectivity index (χ3v) is 3.07. The van der Waals surface area contributed by atoms with Crippen LogP contribution in [-0.4, -0.2) is 15.2 Å². The molecule has 3 nitrogen and oxygen atoms in total. The van der Waals surface area contributed by atoms with Crippen LogP contribution in [0.3, 0.4) is 0 Å². The maximum Gasteiger partial charge on any atom is 0.116 e. The van der Waals surface area contributed by atoms with Gasteiger partial charge in [0.25, 0.3) is 0 Å². The maximum absolute atomic E-state index is 10.2. The zero-order valence-electron chi connectivity index (χ0n) is 8.81. The number of phenolic OH excluding ortho intramolecular Hbond substituents is 1. The largest absolute Gasteiger partial charge is 0.508 e. The molecule has 1 aromatic heterocycles. The molecule has 16 heavy (non-hydrogen) atoms. The number of phenols is 1. The van der Waals surface area contributed by atoms with E-state index in [0.717, 1.165) is 27.9 Å². The van der Waals surface area contributed by atoms with Crippen molar-refractivity contribution in [3.05, 3.63) is 47.2 Å². The van der Waals surface area contributed by atoms with Crippen molar-refractivity contribution in [3.63, 3.8) is 0 Å². The van der Waals surface area contributed by atoms with E-state index in [9.17, 15) is 10.2 Å². The molecule has 0 spiro atoms. The van der Waals surface area contributed by atoms with E-state index in [1.165, 1.54) is 0 Å². The lowest BCUT2D eigenvalue weighted by atomic mass is 10.1. The number of fused-ring (bicyclic) bond motifs is 3. The molecule has 0 aliphatic heterocycles. The molecule has 0 radical (unpaired) electrons. The molecule has 2 aromatic rings. The zero-order chi connectivity index (χ0) is 11.3. The Bertz CT molecular complexity index is 578. The smallest absolute Gasteiger partial charge is 0.116 e. The highest BCUT2D eigenvalue weighted by molar-refractivity contribution is 5.77. The summed E-state index contributed by atoms with van der Waals surface area (Å²) in [6.07, 6.45) is 1.10. The predicted molar refractivity (Wildman–Crippen MR) is 60.1 cm³/mol. The van der Waals surface area contributed by atoms with E-state index in [4.69, 9.17) is 0 Å². The molecule has 1 unspecified atom stereocenters. The molecule has 1 aromatic carbocycles. The van der Waals surface area contributed by atoms with Gasteiger partial charge >= 0.3 is 0 Å². The van der Waals surface area contributed by atoms with Crippen LogP contribution in [0.1, 0.15) is 22.8 Å². The minimum atomic E-state index is -0.626. The van der Waals surface area contributed by atoms with Crippen LogP contribution in [0.2, 0.25) is 0 Å². The van der Waals surface area contributed by atoms with Crippen molar-refractivity contribution in [1.82, 2.24) is 4.98 Å². The molecule has 0 saturated carbocycles. The molecule has 0 amide bonds. The number of nitrogens with zero attached hydrogens (tertiary/aromatic N) is 1. The van der Waals surface area contributed by atoms with Crippen LogP contribution < -0.4 is 0 Å². The van der Waals surface area contributed by atoms with Gasteiger partial charge in [-0.3, -0.25) is 4.98 Å². The number of aryl methyl sites for hydroxylation is 1. The summed E-state index contributed by atoms with van der Waals surface area (Å²) in [5.41, 5.74) is 4.29. The monoisotopic (exact) mass is 213 g/mol. The quantitative estimate of drug-likeness (QED) is 0.705. The molecule has 3 heteroatoms. The van der Waals surface area contributed by atoms with Crippen LogP contribution in [0, 0.1) is 6.92 Å². The molecule has 1 heterocycles. The molecule has 1 aliphatic rings. The van der Waals surface area contributed by atoms with Gasteiger partial charge in [-0.25, -0.2) is 0 Å². The van der Waals surface area contributed by atoms with Gasteiger partial charge in [0.2, 0.25) is 0 Å². The standard InChI is InChI=1S/C13H11NO2/c1-7-4-5-14-12-10-6-8(15)2-3-9(10)13(16)11(7)12/h2-6,13,15-16H,1H3. The zero-order valence-corrected chi connectivity index (χ0v) is 8.81. The molecule has 80 valence electrons. The summed E-state index contributed by atoms with van der Waals surface area (Å²) < 4.78 is 0. The van der Waals surface area contributed by atoms with Gasteiger partial charge in [-0.15, -0.1) is 0 Å². The Labute approximate surface area is 93.0 Å². The summed E-state index contributed by atoms with van der Waals surface area (Å²) in [6.45, 7) is 1.95. The average Bonchev–Trinajstić information content (AvgIpc) is 2.54. The van der Waals surface area contributed by atoms with E-state index in [-0.39, 0.29) is 5.75 Å². The fourth-order valence-electron chi connectivity index (χ4n) is 2.27. The predicted octanol–water partition coefficient (Wildman–Crippen LogP) is 2.16. The lowest BCUT2D eigenvalue weighted by Gasteiger charge is -2.07. The second kappa shape index (κ2) is 3.06. The van der Waals surface area contributed by atoms with Crippen LogP contribution in [-0.2, 0) is 0 Å². The van der Waals surface area contributed by atoms with E-state index >= 15 is 0 Å². The van der Waals surface area contributed by atoms with Crippen molar-refractivity contribution >= 4 is 0 Å². The van der Waals surface area contributed by atoms with Crippen molar-refractivity contribution in [2.75, 3.05) is 0 Å². The second-order valence-corrected chi connectivity index (χ2v) is 4.06. The topological polar surface area (TPSA) is 53.4 Å². The van der Waals surface area contributed by atoms with Crippen molar-refractivity contribution in [3.8, 4) is 17.0 Å². The maximum atomic E-state index is 10.2. The van der Waals surface area contributed by atoms with E-state index in [0.29, 0.717) is 0 Å². The van der Waals surface area contributed by atoms with Gasteiger partial charge in [0, 0.05) is 17.3 Å². The van der Waals surface area contributed by atoms with E-state index in [1.54, 1.807) is 24.4 Å². The molecule has 1 aliphatic carbocycles. The first-order valence-corrected chi connectivity index (χ1v) is 5.15. The Balaban J connectivity index is 2.36. The van der Waals surface area contributed by atoms with E-state index < -0.39 is 6.10 Å². The van der Waals surface area contributed by atoms with Crippen molar-refractivity contribution in [2.24, 2.45) is 0 Å². The van der Waals surface area contributed by atoms with Crippen LogP contribution >= 0.6 is 0 Å². The van der Waals surface area contributed by atoms with Gasteiger partial charge in [-0.1, -0.05) is 6.07 Å². The number of benzene rings is 1. The summed E-state index contributed by atoms with van der Waals surface area (Å²) in [5.74, 6) is 0.196. The SMILES string of the molecule is Cc1ccnc2c1C(O)c1ccc(O)cc1-2. The first kappa shape index (κ1) is 9.36. The van der Waals surface area contributed by atoms with Gasteiger partial charge in [-0.2, -0.15) is 0 Å². The molecule has 0 saturated heterocycles. The third kappa shape index (κ3) is 1.09. The minimum absolute atomic E-state index is 0.196. The van der Waals surface area contributed by atoms with E-state index in [1.807, 2.05) is 13.0 Å². The van der Waals surface area contributed by atoms with Crippen molar-refractivity contribution in [1.29, 1.82) is 0 Å². The highest BCUT2D eigenvalue weighted by Gasteiger charge is 2.29. The first-order valence-electron chi connectivity index (χ1n) is 5.15. The van der Waals surface area contributed by atoms with Gasteiger partial charge < -0.3 is 10.2 Å². The lowest BCUT2D eigenvalue weighted by Crippen LogP contribution is -1.96. The Kier molecular flexibility index (Phi) is 1.79. The number of aliphatic hydroxyl groups is 1. The minimum Gasteiger partial charge on any atom is -0.508 e. The summed E-state index contributed by atoms with van der Waals surface area (Å²) in [4.78, 5) is 4.28. The molecule has 1 atom stereocenters.